The molecule has 0 aliphatic rings. The molecule has 0 saturated heterocycles. The molecular weight excluding hydrogens is 174 g/mol. The molecule has 1 N–H and O–H groups in total. The van der Waals surface area contributed by atoms with E-state index in [0.29, 0.717) is 0 Å². The Morgan fingerprint density at radius 3 is 2.71 bits per heavy atom. The highest BCUT2D eigenvalue weighted by molar-refractivity contribution is 5.50. The fourth-order valence-electron chi connectivity index (χ4n) is 1.40. The van der Waals surface area contributed by atoms with Crippen LogP contribution in [0.5, 0.6) is 5.75 Å². The molecule has 1 rings (SSSR count). The summed E-state index contributed by atoms with van der Waals surface area (Å²) in [5, 5.41) is 3.38. The maximum atomic E-state index is 5.20. The van der Waals surface area contributed by atoms with E-state index >= 15 is 0 Å². The second-order valence-electron chi connectivity index (χ2n) is 3.46. The van der Waals surface area contributed by atoms with Crippen LogP contribution in [0.2, 0.25) is 0 Å². The van der Waals surface area contributed by atoms with E-state index < -0.39 is 0 Å². The largest absolute Gasteiger partial charge is 0.496 e. The Balaban J connectivity index is 2.57. The van der Waals surface area contributed by atoms with E-state index in [2.05, 4.69) is 31.3 Å². The van der Waals surface area contributed by atoms with Gasteiger partial charge in [-0.25, -0.2) is 0 Å². The summed E-state index contributed by atoms with van der Waals surface area (Å²) >= 11 is 0. The first-order chi connectivity index (χ1) is 6.77. The molecule has 0 heterocycles. The first-order valence-electron chi connectivity index (χ1n) is 5.16. The lowest BCUT2D eigenvalue weighted by Crippen LogP contribution is -2.01. The molecule has 0 aromatic heterocycles. The number of ether oxygens (including phenoxy) is 1. The molecule has 0 aliphatic carbocycles. The Labute approximate surface area is 86.3 Å². The van der Waals surface area contributed by atoms with Crippen molar-refractivity contribution in [1.82, 2.24) is 0 Å². The van der Waals surface area contributed by atoms with E-state index in [4.69, 9.17) is 4.74 Å². The Kier molecular flexibility index (Phi) is 4.30. The molecule has 0 fully saturated rings. The average Bonchev–Trinajstić information content (AvgIpc) is 2.18. The Bertz CT molecular complexity index is 284. The summed E-state index contributed by atoms with van der Waals surface area (Å²) in [6.45, 7) is 5.30. The number of unbranched alkanes of at least 4 members (excludes halogenated alkanes) is 1. The van der Waals surface area contributed by atoms with Gasteiger partial charge in [-0.05, 0) is 37.1 Å². The minimum Gasteiger partial charge on any atom is -0.496 e. The lowest BCUT2D eigenvalue weighted by molar-refractivity contribution is 0.412. The van der Waals surface area contributed by atoms with Crippen molar-refractivity contribution < 1.29 is 4.74 Å². The molecule has 0 amide bonds. The predicted octanol–water partition coefficient (Wildman–Crippen LogP) is 3.22. The molecule has 0 aliphatic heterocycles. The van der Waals surface area contributed by atoms with E-state index in [1.54, 1.807) is 7.11 Å². The van der Waals surface area contributed by atoms with Crippen LogP contribution in [0.4, 0.5) is 5.69 Å². The van der Waals surface area contributed by atoms with Crippen molar-refractivity contribution in [2.75, 3.05) is 19.0 Å². The van der Waals surface area contributed by atoms with Gasteiger partial charge in [-0.2, -0.15) is 0 Å². The third-order valence-corrected chi connectivity index (χ3v) is 2.25. The quantitative estimate of drug-likeness (QED) is 0.725. The Hall–Kier alpha value is -1.18. The van der Waals surface area contributed by atoms with Gasteiger partial charge in [0.1, 0.15) is 5.75 Å². The normalized spacial score (nSPS) is 9.93. The lowest BCUT2D eigenvalue weighted by atomic mass is 10.2. The Morgan fingerprint density at radius 2 is 2.14 bits per heavy atom. The minimum atomic E-state index is 0.950. The van der Waals surface area contributed by atoms with Crippen LogP contribution < -0.4 is 10.1 Å². The molecular formula is C12H19NO. The summed E-state index contributed by atoms with van der Waals surface area (Å²) in [5.74, 6) is 0.950. The van der Waals surface area contributed by atoms with Gasteiger partial charge in [-0.3, -0.25) is 0 Å². The minimum absolute atomic E-state index is 0.950. The maximum Gasteiger partial charge on any atom is 0.121 e. The Morgan fingerprint density at radius 1 is 1.36 bits per heavy atom. The molecule has 14 heavy (non-hydrogen) atoms. The van der Waals surface area contributed by atoms with Crippen molar-refractivity contribution in [2.45, 2.75) is 26.7 Å². The number of anilines is 1. The zero-order valence-electron chi connectivity index (χ0n) is 9.26. The molecule has 2 nitrogen and oxygen atoms in total. The van der Waals surface area contributed by atoms with Crippen LogP contribution in [0.3, 0.4) is 0 Å². The van der Waals surface area contributed by atoms with Crippen LogP contribution in [-0.2, 0) is 0 Å². The van der Waals surface area contributed by atoms with Crippen molar-refractivity contribution >= 4 is 5.69 Å². The molecule has 0 bridgehead atoms. The number of methoxy groups -OCH3 is 1. The molecule has 78 valence electrons. The van der Waals surface area contributed by atoms with Crippen LogP contribution in [0.1, 0.15) is 25.3 Å². The zero-order chi connectivity index (χ0) is 10.4. The van der Waals surface area contributed by atoms with E-state index in [1.165, 1.54) is 24.1 Å². The van der Waals surface area contributed by atoms with Gasteiger partial charge in [0, 0.05) is 12.2 Å². The zero-order valence-corrected chi connectivity index (χ0v) is 9.26. The number of benzene rings is 1. The standard InChI is InChI=1S/C12H19NO/c1-4-5-8-13-11-6-7-12(14-3)10(2)9-11/h6-7,9,13H,4-5,8H2,1-3H3. The van der Waals surface area contributed by atoms with Gasteiger partial charge in [-0.1, -0.05) is 13.3 Å². The second-order valence-corrected chi connectivity index (χ2v) is 3.46. The van der Waals surface area contributed by atoms with Gasteiger partial charge in [0.15, 0.2) is 0 Å². The van der Waals surface area contributed by atoms with Gasteiger partial charge >= 0.3 is 0 Å². The predicted molar refractivity (Wildman–Crippen MR) is 61.1 cm³/mol. The van der Waals surface area contributed by atoms with Crippen LogP contribution in [0.15, 0.2) is 18.2 Å². The fraction of sp³-hybridized carbons (Fsp3) is 0.500. The summed E-state index contributed by atoms with van der Waals surface area (Å²) in [4.78, 5) is 0. The molecule has 0 unspecified atom stereocenters. The van der Waals surface area contributed by atoms with Crippen molar-refractivity contribution in [3.05, 3.63) is 23.8 Å². The first kappa shape index (κ1) is 10.9. The summed E-state index contributed by atoms with van der Waals surface area (Å²) in [6.07, 6.45) is 2.44. The van der Waals surface area contributed by atoms with Gasteiger partial charge < -0.3 is 10.1 Å². The van der Waals surface area contributed by atoms with Crippen LogP contribution in [-0.4, -0.2) is 13.7 Å². The smallest absolute Gasteiger partial charge is 0.121 e. The molecule has 1 aromatic rings. The molecule has 0 atom stereocenters. The van der Waals surface area contributed by atoms with Crippen molar-refractivity contribution in [1.29, 1.82) is 0 Å². The van der Waals surface area contributed by atoms with Gasteiger partial charge in [0.2, 0.25) is 0 Å². The lowest BCUT2D eigenvalue weighted by Gasteiger charge is -2.09. The highest BCUT2D eigenvalue weighted by Crippen LogP contribution is 2.21. The summed E-state index contributed by atoms with van der Waals surface area (Å²) in [5.41, 5.74) is 2.35. The average molecular weight is 193 g/mol. The number of aryl methyl sites for hydroxylation is 1. The highest BCUT2D eigenvalue weighted by atomic mass is 16.5. The van der Waals surface area contributed by atoms with Crippen LogP contribution in [0, 0.1) is 6.92 Å². The molecule has 0 spiro atoms. The highest BCUT2D eigenvalue weighted by Gasteiger charge is 1.98. The van der Waals surface area contributed by atoms with Crippen molar-refractivity contribution in [3.63, 3.8) is 0 Å². The summed E-state index contributed by atoms with van der Waals surface area (Å²) < 4.78 is 5.20. The summed E-state index contributed by atoms with van der Waals surface area (Å²) in [6, 6.07) is 6.18. The maximum absolute atomic E-state index is 5.20. The number of rotatable bonds is 5. The van der Waals surface area contributed by atoms with E-state index in [0.717, 1.165) is 12.3 Å². The molecule has 1 aromatic carbocycles. The third-order valence-electron chi connectivity index (χ3n) is 2.25. The topological polar surface area (TPSA) is 21.3 Å². The van der Waals surface area contributed by atoms with Gasteiger partial charge in [-0.15, -0.1) is 0 Å². The summed E-state index contributed by atoms with van der Waals surface area (Å²) in [7, 11) is 1.70. The SMILES string of the molecule is CCCCNc1ccc(OC)c(C)c1. The van der Waals surface area contributed by atoms with E-state index in [-0.39, 0.29) is 0 Å². The van der Waals surface area contributed by atoms with Crippen molar-refractivity contribution in [2.24, 2.45) is 0 Å². The number of nitrogens with one attached hydrogen (secondary N) is 1. The van der Waals surface area contributed by atoms with Crippen LogP contribution >= 0.6 is 0 Å². The van der Waals surface area contributed by atoms with Crippen molar-refractivity contribution in [3.8, 4) is 5.75 Å². The van der Waals surface area contributed by atoms with Gasteiger partial charge in [0.05, 0.1) is 7.11 Å². The van der Waals surface area contributed by atoms with E-state index in [1.807, 2.05) is 6.07 Å². The van der Waals surface area contributed by atoms with Gasteiger partial charge in [0.25, 0.3) is 0 Å². The molecule has 2 heteroatoms. The second kappa shape index (κ2) is 5.53. The number of hydrogen-bond acceptors (Lipinski definition) is 2. The van der Waals surface area contributed by atoms with E-state index in [9.17, 15) is 0 Å². The fourth-order valence-corrected chi connectivity index (χ4v) is 1.40. The monoisotopic (exact) mass is 193 g/mol. The molecule has 0 radical (unpaired) electrons. The first-order valence-corrected chi connectivity index (χ1v) is 5.16. The number of hydrogen-bond donors (Lipinski definition) is 1. The third kappa shape index (κ3) is 2.95. The molecule has 0 saturated carbocycles. The van der Waals surface area contributed by atoms with Crippen LogP contribution in [0.25, 0.3) is 0 Å².